The van der Waals surface area contributed by atoms with Gasteiger partial charge in [-0.1, -0.05) is 42.5 Å². The molecule has 2 aromatic carbocycles. The van der Waals surface area contributed by atoms with E-state index in [-0.39, 0.29) is 0 Å². The Labute approximate surface area is 152 Å². The first-order valence-corrected chi connectivity index (χ1v) is 8.12. The van der Waals surface area contributed by atoms with Crippen LogP contribution < -0.4 is 5.32 Å². The lowest BCUT2D eigenvalue weighted by atomic mass is 9.83. The van der Waals surface area contributed by atoms with Gasteiger partial charge in [0.1, 0.15) is 0 Å². The van der Waals surface area contributed by atoms with E-state index < -0.39 is 23.3 Å². The number of aliphatic carboxylic acids is 1. The summed E-state index contributed by atoms with van der Waals surface area (Å²) in [4.78, 5) is 24.2. The Hall–Kier alpha value is -3.39. The van der Waals surface area contributed by atoms with Gasteiger partial charge in [0, 0.05) is 5.56 Å². The third-order valence-corrected chi connectivity index (χ3v) is 4.17. The number of carbonyl (C=O) groups is 2. The van der Waals surface area contributed by atoms with Gasteiger partial charge >= 0.3 is 5.97 Å². The summed E-state index contributed by atoms with van der Waals surface area (Å²) < 4.78 is 0. The van der Waals surface area contributed by atoms with Crippen LogP contribution in [0.2, 0.25) is 0 Å². The number of nitrogens with zero attached hydrogens (tertiary/aromatic N) is 1. The Kier molecular flexibility index (Phi) is 5.92. The number of nitrogens with one attached hydrogen (secondary N) is 1. The van der Waals surface area contributed by atoms with E-state index >= 15 is 0 Å². The van der Waals surface area contributed by atoms with Crippen LogP contribution in [-0.2, 0) is 4.79 Å². The Bertz CT molecular complexity index is 847. The lowest BCUT2D eigenvalue weighted by molar-refractivity contribution is -0.147. The summed E-state index contributed by atoms with van der Waals surface area (Å²) in [6.45, 7) is 3.13. The Morgan fingerprint density at radius 3 is 2.27 bits per heavy atom. The molecule has 2 rings (SSSR count). The summed E-state index contributed by atoms with van der Waals surface area (Å²) in [6, 6.07) is 16.9. The molecule has 0 aliphatic rings. The molecule has 0 aliphatic heterocycles. The van der Waals surface area contributed by atoms with E-state index in [1.165, 1.54) is 0 Å². The van der Waals surface area contributed by atoms with Crippen LogP contribution in [0.15, 0.2) is 60.7 Å². The molecule has 0 fully saturated rings. The Morgan fingerprint density at radius 2 is 1.73 bits per heavy atom. The van der Waals surface area contributed by atoms with E-state index in [0.717, 1.165) is 5.56 Å². The molecular formula is C21H20N2O3. The summed E-state index contributed by atoms with van der Waals surface area (Å²) in [5.74, 6) is -1.41. The first kappa shape index (κ1) is 18.9. The van der Waals surface area contributed by atoms with Crippen LogP contribution in [-0.4, -0.2) is 23.0 Å². The van der Waals surface area contributed by atoms with E-state index in [9.17, 15) is 14.7 Å². The van der Waals surface area contributed by atoms with Crippen LogP contribution in [0.25, 0.3) is 6.08 Å². The predicted octanol–water partition coefficient (Wildman–Crippen LogP) is 3.48. The number of hydrogen-bond donors (Lipinski definition) is 2. The van der Waals surface area contributed by atoms with Crippen molar-refractivity contribution in [2.45, 2.75) is 19.9 Å². The van der Waals surface area contributed by atoms with Gasteiger partial charge in [0.05, 0.1) is 23.1 Å². The number of nitriles is 1. The van der Waals surface area contributed by atoms with Gasteiger partial charge in [-0.15, -0.1) is 0 Å². The molecule has 1 atom stereocenters. The van der Waals surface area contributed by atoms with Gasteiger partial charge < -0.3 is 10.4 Å². The second kappa shape index (κ2) is 8.13. The van der Waals surface area contributed by atoms with Crippen molar-refractivity contribution in [1.82, 2.24) is 5.32 Å². The molecule has 26 heavy (non-hydrogen) atoms. The van der Waals surface area contributed by atoms with Crippen molar-refractivity contribution in [3.63, 3.8) is 0 Å². The Morgan fingerprint density at radius 1 is 1.12 bits per heavy atom. The van der Waals surface area contributed by atoms with Crippen LogP contribution in [0.4, 0.5) is 0 Å². The monoisotopic (exact) mass is 348 g/mol. The second-order valence-electron chi connectivity index (χ2n) is 6.44. The molecule has 1 unspecified atom stereocenters. The molecule has 2 aromatic rings. The van der Waals surface area contributed by atoms with Crippen molar-refractivity contribution < 1.29 is 14.7 Å². The zero-order valence-electron chi connectivity index (χ0n) is 14.6. The van der Waals surface area contributed by atoms with E-state index in [1.54, 1.807) is 50.3 Å². The van der Waals surface area contributed by atoms with Crippen molar-refractivity contribution >= 4 is 18.0 Å². The normalized spacial score (nSPS) is 12.3. The summed E-state index contributed by atoms with van der Waals surface area (Å²) in [6.07, 6.45) is 3.47. The molecule has 132 valence electrons. The van der Waals surface area contributed by atoms with Gasteiger partial charge in [-0.3, -0.25) is 9.59 Å². The maximum absolute atomic E-state index is 12.5. The molecule has 0 spiro atoms. The van der Waals surface area contributed by atoms with Gasteiger partial charge in [0.15, 0.2) is 0 Å². The van der Waals surface area contributed by atoms with E-state index in [1.807, 2.05) is 36.4 Å². The molecule has 5 nitrogen and oxygen atoms in total. The SMILES string of the molecule is CC(C)(C(=O)O)C(C=Cc1ccccc1)NC(=O)c1ccc(C#N)cc1. The van der Waals surface area contributed by atoms with Crippen LogP contribution in [0, 0.1) is 16.7 Å². The first-order chi connectivity index (χ1) is 12.3. The molecule has 0 saturated carbocycles. The summed E-state index contributed by atoms with van der Waals surface area (Å²) in [7, 11) is 0. The van der Waals surface area contributed by atoms with Crippen molar-refractivity contribution in [1.29, 1.82) is 5.26 Å². The topological polar surface area (TPSA) is 90.2 Å². The molecule has 2 N–H and O–H groups in total. The molecule has 0 aromatic heterocycles. The van der Waals surface area contributed by atoms with E-state index in [4.69, 9.17) is 5.26 Å². The molecule has 1 amide bonds. The van der Waals surface area contributed by atoms with E-state index in [0.29, 0.717) is 11.1 Å². The number of carboxylic acids is 1. The number of hydrogen-bond acceptors (Lipinski definition) is 3. The minimum Gasteiger partial charge on any atom is -0.481 e. The number of benzene rings is 2. The summed E-state index contributed by atoms with van der Waals surface area (Å²) >= 11 is 0. The lowest BCUT2D eigenvalue weighted by Gasteiger charge is -2.29. The average molecular weight is 348 g/mol. The van der Waals surface area contributed by atoms with Crippen LogP contribution in [0.3, 0.4) is 0 Å². The fraction of sp³-hybridized carbons (Fsp3) is 0.190. The highest BCUT2D eigenvalue weighted by atomic mass is 16.4. The number of rotatable bonds is 6. The van der Waals surface area contributed by atoms with Crippen molar-refractivity contribution in [3.05, 3.63) is 77.4 Å². The largest absolute Gasteiger partial charge is 0.481 e. The number of carboxylic acid groups (broad SMARTS) is 1. The molecule has 0 heterocycles. The number of carbonyl (C=O) groups excluding carboxylic acids is 1. The standard InChI is InChI=1S/C21H20N2O3/c1-21(2,20(25)26)18(13-10-15-6-4-3-5-7-15)23-19(24)17-11-8-16(14-22)9-12-17/h3-13,18H,1-2H3,(H,23,24)(H,25,26). The quantitative estimate of drug-likeness (QED) is 0.836. The predicted molar refractivity (Wildman–Crippen MR) is 99.3 cm³/mol. The van der Waals surface area contributed by atoms with Gasteiger partial charge in [-0.05, 0) is 43.7 Å². The van der Waals surface area contributed by atoms with Gasteiger partial charge in [-0.25, -0.2) is 0 Å². The smallest absolute Gasteiger partial charge is 0.311 e. The van der Waals surface area contributed by atoms with Gasteiger partial charge in [-0.2, -0.15) is 5.26 Å². The van der Waals surface area contributed by atoms with Gasteiger partial charge in [0.2, 0.25) is 0 Å². The summed E-state index contributed by atoms with van der Waals surface area (Å²) in [5.41, 5.74) is 0.524. The van der Waals surface area contributed by atoms with Crippen LogP contribution >= 0.6 is 0 Å². The number of amides is 1. The molecule has 0 aliphatic carbocycles. The fourth-order valence-electron chi connectivity index (χ4n) is 2.29. The van der Waals surface area contributed by atoms with Crippen molar-refractivity contribution in [3.8, 4) is 6.07 Å². The van der Waals surface area contributed by atoms with Crippen LogP contribution in [0.1, 0.15) is 35.3 Å². The summed E-state index contributed by atoms with van der Waals surface area (Å²) in [5, 5.41) is 21.1. The van der Waals surface area contributed by atoms with Gasteiger partial charge in [0.25, 0.3) is 5.91 Å². The minimum atomic E-state index is -1.20. The highest BCUT2D eigenvalue weighted by molar-refractivity contribution is 5.95. The molecular weight excluding hydrogens is 328 g/mol. The first-order valence-electron chi connectivity index (χ1n) is 8.12. The maximum atomic E-state index is 12.5. The molecule has 5 heteroatoms. The van der Waals surface area contributed by atoms with Crippen LogP contribution in [0.5, 0.6) is 0 Å². The zero-order valence-corrected chi connectivity index (χ0v) is 14.6. The molecule has 0 bridgehead atoms. The third-order valence-electron chi connectivity index (χ3n) is 4.17. The fourth-order valence-corrected chi connectivity index (χ4v) is 2.29. The molecule has 0 radical (unpaired) electrons. The minimum absolute atomic E-state index is 0.364. The highest BCUT2D eigenvalue weighted by Crippen LogP contribution is 2.23. The average Bonchev–Trinajstić information content (AvgIpc) is 2.65. The maximum Gasteiger partial charge on any atom is 0.311 e. The van der Waals surface area contributed by atoms with Crippen molar-refractivity contribution in [2.75, 3.05) is 0 Å². The third kappa shape index (κ3) is 4.58. The Balaban J connectivity index is 2.25. The second-order valence-corrected chi connectivity index (χ2v) is 6.44. The molecule has 0 saturated heterocycles. The lowest BCUT2D eigenvalue weighted by Crippen LogP contribution is -2.47. The highest BCUT2D eigenvalue weighted by Gasteiger charge is 2.36. The van der Waals surface area contributed by atoms with Crippen molar-refractivity contribution in [2.24, 2.45) is 5.41 Å². The van der Waals surface area contributed by atoms with E-state index in [2.05, 4.69) is 5.32 Å². The zero-order chi connectivity index (χ0) is 19.2.